The molecule has 1 N–H and O–H groups in total. The Kier molecular flexibility index (Phi) is 5.44. The fraction of sp³-hybridized carbons (Fsp3) is 0. The van der Waals surface area contributed by atoms with Gasteiger partial charge in [-0.1, -0.05) is 65.1 Å². The average molecular weight is 428 g/mol. The number of hydrogen-bond donors (Lipinski definition) is 1. The van der Waals surface area contributed by atoms with Gasteiger partial charge in [0.2, 0.25) is 0 Å². The summed E-state index contributed by atoms with van der Waals surface area (Å²) in [5.41, 5.74) is 5.27. The third kappa shape index (κ3) is 3.94. The molecule has 0 atom stereocenters. The molecule has 0 radical (unpaired) electrons. The molecule has 4 nitrogen and oxygen atoms in total. The van der Waals surface area contributed by atoms with Gasteiger partial charge < -0.3 is 0 Å². The molecule has 0 aliphatic rings. The maximum absolute atomic E-state index is 6.32. The molecule has 0 amide bonds. The van der Waals surface area contributed by atoms with Crippen LogP contribution in [0.15, 0.2) is 71.8 Å². The summed E-state index contributed by atoms with van der Waals surface area (Å²) >= 11 is 18.4. The van der Waals surface area contributed by atoms with Crippen molar-refractivity contribution in [3.05, 3.63) is 87.4 Å². The van der Waals surface area contributed by atoms with Gasteiger partial charge in [0.25, 0.3) is 0 Å². The quantitative estimate of drug-likeness (QED) is 0.291. The lowest BCUT2D eigenvalue weighted by Gasteiger charge is -2.09. The fourth-order valence-corrected chi connectivity index (χ4v) is 3.37. The molecule has 4 rings (SSSR count). The Morgan fingerprint density at radius 2 is 1.61 bits per heavy atom. The molecule has 0 aliphatic heterocycles. The average Bonchev–Trinajstić information content (AvgIpc) is 2.70. The van der Waals surface area contributed by atoms with Crippen molar-refractivity contribution >= 4 is 57.7 Å². The SMILES string of the molecule is Clc1ccc(C=NNc2nc(-c3ccccc3Cl)nc3ccccc23)c(Cl)c1. The van der Waals surface area contributed by atoms with E-state index in [1.807, 2.05) is 48.5 Å². The molecule has 0 saturated carbocycles. The Hall–Kier alpha value is -2.66. The summed E-state index contributed by atoms with van der Waals surface area (Å²) in [5.74, 6) is 1.09. The number of halogens is 3. The molecule has 0 fully saturated rings. The van der Waals surface area contributed by atoms with E-state index in [2.05, 4.69) is 20.5 Å². The molecule has 138 valence electrons. The molecule has 28 heavy (non-hydrogen) atoms. The zero-order valence-electron chi connectivity index (χ0n) is 14.4. The second-order valence-electron chi connectivity index (χ2n) is 5.93. The first kappa shape index (κ1) is 18.7. The summed E-state index contributed by atoms with van der Waals surface area (Å²) in [7, 11) is 0. The molecule has 7 heteroatoms. The molecule has 0 aliphatic carbocycles. The summed E-state index contributed by atoms with van der Waals surface area (Å²) < 4.78 is 0. The van der Waals surface area contributed by atoms with Crippen molar-refractivity contribution in [3.8, 4) is 11.4 Å². The third-order valence-electron chi connectivity index (χ3n) is 4.05. The van der Waals surface area contributed by atoms with Crippen LogP contribution in [0, 0.1) is 0 Å². The van der Waals surface area contributed by atoms with Gasteiger partial charge in [0.15, 0.2) is 11.6 Å². The van der Waals surface area contributed by atoms with Crippen LogP contribution in [0.1, 0.15) is 5.56 Å². The van der Waals surface area contributed by atoms with Crippen molar-refractivity contribution in [2.75, 3.05) is 5.43 Å². The highest BCUT2D eigenvalue weighted by Gasteiger charge is 2.11. The van der Waals surface area contributed by atoms with Crippen LogP contribution in [0.2, 0.25) is 15.1 Å². The van der Waals surface area contributed by atoms with Gasteiger partial charge in [0, 0.05) is 21.5 Å². The van der Waals surface area contributed by atoms with E-state index in [0.717, 1.165) is 22.0 Å². The molecule has 0 unspecified atom stereocenters. The van der Waals surface area contributed by atoms with Crippen LogP contribution in [0.5, 0.6) is 0 Å². The van der Waals surface area contributed by atoms with Gasteiger partial charge in [0.1, 0.15) is 0 Å². The van der Waals surface area contributed by atoms with Gasteiger partial charge in [-0.15, -0.1) is 0 Å². The zero-order valence-corrected chi connectivity index (χ0v) is 16.7. The summed E-state index contributed by atoms with van der Waals surface area (Å²) in [6.45, 7) is 0. The van der Waals surface area contributed by atoms with E-state index in [-0.39, 0.29) is 0 Å². The molecular formula is C21H13Cl3N4. The van der Waals surface area contributed by atoms with Crippen LogP contribution in [0.4, 0.5) is 5.82 Å². The molecule has 0 bridgehead atoms. The zero-order chi connectivity index (χ0) is 19.5. The minimum Gasteiger partial charge on any atom is -0.261 e. The van der Waals surface area contributed by atoms with Crippen LogP contribution in [-0.4, -0.2) is 16.2 Å². The maximum atomic E-state index is 6.32. The minimum absolute atomic E-state index is 0.516. The monoisotopic (exact) mass is 426 g/mol. The first-order chi connectivity index (χ1) is 13.6. The standard InChI is InChI=1S/C21H13Cl3N4/c22-14-10-9-13(18(24)11-14)12-25-28-21-16-6-2-4-8-19(16)26-20(27-21)15-5-1-3-7-17(15)23/h1-12H,(H,26,27,28). The number of nitrogens with one attached hydrogen (secondary N) is 1. The second kappa shape index (κ2) is 8.15. The molecule has 0 saturated heterocycles. The number of fused-ring (bicyclic) bond motifs is 1. The largest absolute Gasteiger partial charge is 0.261 e. The van der Waals surface area contributed by atoms with Crippen molar-refractivity contribution in [2.45, 2.75) is 0 Å². The minimum atomic E-state index is 0.516. The highest BCUT2D eigenvalue weighted by atomic mass is 35.5. The van der Waals surface area contributed by atoms with E-state index in [4.69, 9.17) is 34.8 Å². The summed E-state index contributed by atoms with van der Waals surface area (Å²) in [6, 6.07) is 20.4. The Morgan fingerprint density at radius 3 is 2.43 bits per heavy atom. The molecule has 3 aromatic carbocycles. The van der Waals surface area contributed by atoms with Gasteiger partial charge in [-0.2, -0.15) is 5.10 Å². The molecule has 4 aromatic rings. The van der Waals surface area contributed by atoms with Crippen LogP contribution < -0.4 is 5.43 Å². The van der Waals surface area contributed by atoms with E-state index in [1.54, 1.807) is 24.4 Å². The molecular weight excluding hydrogens is 415 g/mol. The van der Waals surface area contributed by atoms with Crippen LogP contribution in [0.25, 0.3) is 22.3 Å². The lowest BCUT2D eigenvalue weighted by atomic mass is 10.2. The normalized spacial score (nSPS) is 11.2. The number of nitrogens with zero attached hydrogens (tertiary/aromatic N) is 3. The Labute approximate surface area is 176 Å². The van der Waals surface area contributed by atoms with E-state index in [9.17, 15) is 0 Å². The van der Waals surface area contributed by atoms with E-state index in [1.165, 1.54) is 0 Å². The topological polar surface area (TPSA) is 50.2 Å². The van der Waals surface area contributed by atoms with Crippen LogP contribution in [-0.2, 0) is 0 Å². The smallest absolute Gasteiger partial charge is 0.163 e. The lowest BCUT2D eigenvalue weighted by molar-refractivity contribution is 1.19. The lowest BCUT2D eigenvalue weighted by Crippen LogP contribution is -1.99. The predicted molar refractivity (Wildman–Crippen MR) is 118 cm³/mol. The number of hydrazone groups is 1. The van der Waals surface area contributed by atoms with E-state index >= 15 is 0 Å². The van der Waals surface area contributed by atoms with E-state index in [0.29, 0.717) is 26.7 Å². The van der Waals surface area contributed by atoms with Crippen molar-refractivity contribution in [1.82, 2.24) is 9.97 Å². The van der Waals surface area contributed by atoms with E-state index < -0.39 is 0 Å². The number of hydrogen-bond acceptors (Lipinski definition) is 4. The van der Waals surface area contributed by atoms with Crippen molar-refractivity contribution in [1.29, 1.82) is 0 Å². The van der Waals surface area contributed by atoms with Gasteiger partial charge in [0.05, 0.1) is 21.8 Å². The molecule has 1 aromatic heterocycles. The van der Waals surface area contributed by atoms with Crippen molar-refractivity contribution < 1.29 is 0 Å². The van der Waals surface area contributed by atoms with Gasteiger partial charge >= 0.3 is 0 Å². The van der Waals surface area contributed by atoms with Crippen molar-refractivity contribution in [2.24, 2.45) is 5.10 Å². The molecule has 0 spiro atoms. The first-order valence-electron chi connectivity index (χ1n) is 8.37. The highest BCUT2D eigenvalue weighted by molar-refractivity contribution is 6.36. The summed E-state index contributed by atoms with van der Waals surface area (Å²) in [6.07, 6.45) is 1.62. The number of rotatable bonds is 4. The van der Waals surface area contributed by atoms with Crippen LogP contribution >= 0.6 is 34.8 Å². The van der Waals surface area contributed by atoms with Gasteiger partial charge in [-0.3, -0.25) is 5.43 Å². The summed E-state index contributed by atoms with van der Waals surface area (Å²) in [4.78, 5) is 9.26. The number of anilines is 1. The Balaban J connectivity index is 1.73. The fourth-order valence-electron chi connectivity index (χ4n) is 2.69. The maximum Gasteiger partial charge on any atom is 0.163 e. The number of benzene rings is 3. The first-order valence-corrected chi connectivity index (χ1v) is 9.51. The van der Waals surface area contributed by atoms with Crippen LogP contribution in [0.3, 0.4) is 0 Å². The highest BCUT2D eigenvalue weighted by Crippen LogP contribution is 2.29. The predicted octanol–water partition coefficient (Wildman–Crippen LogP) is 6.70. The van der Waals surface area contributed by atoms with Gasteiger partial charge in [-0.25, -0.2) is 9.97 Å². The van der Waals surface area contributed by atoms with Gasteiger partial charge in [-0.05, 0) is 36.4 Å². The Bertz CT molecular complexity index is 1190. The third-order valence-corrected chi connectivity index (χ3v) is 4.95. The number of para-hydroxylation sites is 1. The van der Waals surface area contributed by atoms with Crippen molar-refractivity contribution in [3.63, 3.8) is 0 Å². The number of aromatic nitrogens is 2. The second-order valence-corrected chi connectivity index (χ2v) is 7.18. The Morgan fingerprint density at radius 1 is 0.821 bits per heavy atom. The molecule has 1 heterocycles. The summed E-state index contributed by atoms with van der Waals surface area (Å²) in [5, 5.41) is 6.80.